The van der Waals surface area contributed by atoms with Crippen molar-refractivity contribution in [3.8, 4) is 0 Å². The normalized spacial score (nSPS) is 13.0. The summed E-state index contributed by atoms with van der Waals surface area (Å²) in [5.41, 5.74) is 8.63. The van der Waals surface area contributed by atoms with Crippen LogP contribution in [0.3, 0.4) is 0 Å². The van der Waals surface area contributed by atoms with Crippen molar-refractivity contribution in [3.63, 3.8) is 0 Å². The number of rotatable bonds is 6. The maximum Gasteiger partial charge on any atom is 0.106 e. The Balaban J connectivity index is 2.30. The Morgan fingerprint density at radius 2 is 2.16 bits per heavy atom. The lowest BCUT2D eigenvalue weighted by atomic mass is 10.00. The zero-order valence-electron chi connectivity index (χ0n) is 11.8. The Hall–Kier alpha value is -1.55. The van der Waals surface area contributed by atoms with E-state index in [2.05, 4.69) is 16.5 Å². The molecule has 0 aliphatic rings. The molecular formula is C15H23N3O. The van der Waals surface area contributed by atoms with Crippen LogP contribution in [-0.4, -0.2) is 21.3 Å². The summed E-state index contributed by atoms with van der Waals surface area (Å²) in [5.74, 6) is 1.52. The quantitative estimate of drug-likeness (QED) is 0.786. The number of nitrogens with zero attached hydrogens (tertiary/aromatic N) is 2. The van der Waals surface area contributed by atoms with Crippen LogP contribution in [0.15, 0.2) is 18.2 Å². The van der Waals surface area contributed by atoms with Gasteiger partial charge in [0.1, 0.15) is 5.82 Å². The third-order valence-corrected chi connectivity index (χ3v) is 3.64. The molecule has 0 radical (unpaired) electrons. The van der Waals surface area contributed by atoms with Gasteiger partial charge in [-0.25, -0.2) is 4.98 Å². The van der Waals surface area contributed by atoms with Gasteiger partial charge < -0.3 is 15.4 Å². The lowest BCUT2D eigenvalue weighted by molar-refractivity contribution is 0.240. The summed E-state index contributed by atoms with van der Waals surface area (Å²) in [7, 11) is 0. The number of aryl methyl sites for hydroxylation is 1. The van der Waals surface area contributed by atoms with Gasteiger partial charge >= 0.3 is 0 Å². The van der Waals surface area contributed by atoms with Crippen molar-refractivity contribution in [2.45, 2.75) is 39.7 Å². The number of hydrogen-bond acceptors (Lipinski definition) is 3. The maximum absolute atomic E-state index is 9.17. The average molecular weight is 261 g/mol. The smallest absolute Gasteiger partial charge is 0.106 e. The monoisotopic (exact) mass is 261 g/mol. The van der Waals surface area contributed by atoms with E-state index in [9.17, 15) is 0 Å². The van der Waals surface area contributed by atoms with Crippen molar-refractivity contribution in [1.29, 1.82) is 0 Å². The molecule has 0 saturated carbocycles. The van der Waals surface area contributed by atoms with Crippen LogP contribution < -0.4 is 5.73 Å². The van der Waals surface area contributed by atoms with E-state index >= 15 is 0 Å². The minimum absolute atomic E-state index is 0.253. The molecule has 4 nitrogen and oxygen atoms in total. The second-order valence-corrected chi connectivity index (χ2v) is 5.18. The van der Waals surface area contributed by atoms with E-state index < -0.39 is 0 Å². The number of aliphatic hydroxyl groups is 1. The molecule has 4 heteroatoms. The molecular weight excluding hydrogens is 238 g/mol. The zero-order valence-corrected chi connectivity index (χ0v) is 11.8. The van der Waals surface area contributed by atoms with Crippen LogP contribution in [0, 0.1) is 12.8 Å². The Morgan fingerprint density at radius 3 is 2.84 bits per heavy atom. The van der Waals surface area contributed by atoms with Crippen LogP contribution in [0.2, 0.25) is 0 Å². The van der Waals surface area contributed by atoms with Gasteiger partial charge in [0.05, 0.1) is 11.0 Å². The summed E-state index contributed by atoms with van der Waals surface area (Å²) in [6, 6.07) is 5.87. The molecule has 1 atom stereocenters. The standard InChI is InChI=1S/C15H23N3O/c1-3-4-12(7-8-19)10-18-11(2)17-14-9-13(16)5-6-15(14)18/h5-6,9,12,19H,3-4,7-8,10,16H2,1-2H3. The third kappa shape index (κ3) is 3.07. The highest BCUT2D eigenvalue weighted by atomic mass is 16.3. The van der Waals surface area contributed by atoms with Crippen molar-refractivity contribution >= 4 is 16.7 Å². The average Bonchev–Trinajstić information content (AvgIpc) is 2.66. The van der Waals surface area contributed by atoms with Crippen molar-refractivity contribution in [2.75, 3.05) is 12.3 Å². The lowest BCUT2D eigenvalue weighted by Gasteiger charge is -2.17. The number of aliphatic hydroxyl groups excluding tert-OH is 1. The fraction of sp³-hybridized carbons (Fsp3) is 0.533. The summed E-state index contributed by atoms with van der Waals surface area (Å²) < 4.78 is 2.24. The van der Waals surface area contributed by atoms with Crippen LogP contribution in [0.5, 0.6) is 0 Å². The van der Waals surface area contributed by atoms with Crippen LogP contribution in [0.4, 0.5) is 5.69 Å². The predicted octanol–water partition coefficient (Wildman–Crippen LogP) is 2.73. The third-order valence-electron chi connectivity index (χ3n) is 3.64. The number of nitrogen functional groups attached to an aromatic ring is 1. The topological polar surface area (TPSA) is 64.1 Å². The summed E-state index contributed by atoms with van der Waals surface area (Å²) in [5, 5.41) is 9.17. The summed E-state index contributed by atoms with van der Waals surface area (Å²) in [6.07, 6.45) is 3.12. The van der Waals surface area contributed by atoms with Gasteiger partial charge in [-0.2, -0.15) is 0 Å². The first-order chi connectivity index (χ1) is 9.15. The number of benzene rings is 1. The van der Waals surface area contributed by atoms with Crippen LogP contribution >= 0.6 is 0 Å². The lowest BCUT2D eigenvalue weighted by Crippen LogP contribution is -2.13. The largest absolute Gasteiger partial charge is 0.399 e. The molecule has 0 saturated heterocycles. The van der Waals surface area contributed by atoms with E-state index in [0.717, 1.165) is 48.4 Å². The molecule has 104 valence electrons. The molecule has 0 aliphatic carbocycles. The number of nitrogens with two attached hydrogens (primary N) is 1. The van der Waals surface area contributed by atoms with E-state index in [1.165, 1.54) is 0 Å². The van der Waals surface area contributed by atoms with Crippen LogP contribution in [0.1, 0.15) is 32.0 Å². The first-order valence-corrected chi connectivity index (χ1v) is 6.99. The van der Waals surface area contributed by atoms with Gasteiger partial charge in [0.25, 0.3) is 0 Å². The zero-order chi connectivity index (χ0) is 13.8. The number of aromatic nitrogens is 2. The maximum atomic E-state index is 9.17. The molecule has 0 amide bonds. The highest BCUT2D eigenvalue weighted by Crippen LogP contribution is 2.22. The summed E-state index contributed by atoms with van der Waals surface area (Å²) in [6.45, 7) is 5.38. The van der Waals surface area contributed by atoms with Crippen LogP contribution in [0.25, 0.3) is 11.0 Å². The Labute approximate surface area is 114 Å². The second kappa shape index (κ2) is 6.06. The predicted molar refractivity (Wildman–Crippen MR) is 79.0 cm³/mol. The first-order valence-electron chi connectivity index (χ1n) is 6.99. The van der Waals surface area contributed by atoms with E-state index in [4.69, 9.17) is 10.8 Å². The molecule has 0 fully saturated rings. The number of fused-ring (bicyclic) bond motifs is 1. The molecule has 1 aromatic carbocycles. The molecule has 19 heavy (non-hydrogen) atoms. The van der Waals surface area contributed by atoms with Crippen molar-refractivity contribution in [1.82, 2.24) is 9.55 Å². The molecule has 0 aliphatic heterocycles. The van der Waals surface area contributed by atoms with E-state index in [1.807, 2.05) is 25.1 Å². The van der Waals surface area contributed by atoms with Gasteiger partial charge in [-0.1, -0.05) is 13.3 Å². The number of anilines is 1. The summed E-state index contributed by atoms with van der Waals surface area (Å²) in [4.78, 5) is 4.57. The van der Waals surface area contributed by atoms with Crippen LogP contribution in [-0.2, 0) is 6.54 Å². The van der Waals surface area contributed by atoms with Gasteiger partial charge in [-0.3, -0.25) is 0 Å². The van der Waals surface area contributed by atoms with Crippen molar-refractivity contribution in [2.24, 2.45) is 5.92 Å². The fourth-order valence-electron chi connectivity index (χ4n) is 2.67. The van der Waals surface area contributed by atoms with Crippen molar-refractivity contribution in [3.05, 3.63) is 24.0 Å². The molecule has 0 bridgehead atoms. The number of imidazole rings is 1. The minimum Gasteiger partial charge on any atom is -0.399 e. The summed E-state index contributed by atoms with van der Waals surface area (Å²) >= 11 is 0. The van der Waals surface area contributed by atoms with Gasteiger partial charge in [0, 0.05) is 18.8 Å². The second-order valence-electron chi connectivity index (χ2n) is 5.18. The molecule has 2 aromatic rings. The van der Waals surface area contributed by atoms with E-state index in [0.29, 0.717) is 5.92 Å². The Morgan fingerprint density at radius 1 is 1.37 bits per heavy atom. The number of hydrogen-bond donors (Lipinski definition) is 2. The molecule has 1 heterocycles. The van der Waals surface area contributed by atoms with Gasteiger partial charge in [0.15, 0.2) is 0 Å². The van der Waals surface area contributed by atoms with E-state index in [-0.39, 0.29) is 6.61 Å². The Kier molecular flexibility index (Phi) is 4.43. The molecule has 0 spiro atoms. The van der Waals surface area contributed by atoms with Crippen molar-refractivity contribution < 1.29 is 5.11 Å². The molecule has 1 unspecified atom stereocenters. The fourth-order valence-corrected chi connectivity index (χ4v) is 2.67. The van der Waals surface area contributed by atoms with Gasteiger partial charge in [-0.15, -0.1) is 0 Å². The molecule has 3 N–H and O–H groups in total. The minimum atomic E-state index is 0.253. The first kappa shape index (κ1) is 13.9. The SMILES string of the molecule is CCCC(CCO)Cn1c(C)nc2cc(N)ccc21. The highest BCUT2D eigenvalue weighted by molar-refractivity contribution is 5.79. The van der Waals surface area contributed by atoms with Gasteiger partial charge in [0.2, 0.25) is 0 Å². The van der Waals surface area contributed by atoms with Gasteiger partial charge in [-0.05, 0) is 43.9 Å². The molecule has 2 rings (SSSR count). The van der Waals surface area contributed by atoms with E-state index in [1.54, 1.807) is 0 Å². The highest BCUT2D eigenvalue weighted by Gasteiger charge is 2.13. The molecule has 1 aromatic heterocycles. The Bertz CT molecular complexity index is 542.